The molecule has 2 heterocycles. The van der Waals surface area contributed by atoms with Crippen molar-refractivity contribution in [2.45, 2.75) is 6.04 Å². The van der Waals surface area contributed by atoms with Crippen LogP contribution in [0.15, 0.2) is 34.9 Å². The molecule has 1 aliphatic rings. The fourth-order valence-corrected chi connectivity index (χ4v) is 2.61. The molecule has 110 valence electrons. The molecule has 21 heavy (non-hydrogen) atoms. The molecule has 0 bridgehead atoms. The standard InChI is InChI=1S/C14H14BrN3O3/c15-10-3-1-9(2-4-10)11-7-16-13(17-11)12-8-21-6-5-18(12)14(19)20/h1-4,7,12H,5-6,8H2,(H,16,17)(H,19,20)/t12-/m0/s1. The normalized spacial score (nSPS) is 18.7. The zero-order valence-corrected chi connectivity index (χ0v) is 12.7. The lowest BCUT2D eigenvalue weighted by molar-refractivity contribution is -0.00349. The predicted molar refractivity (Wildman–Crippen MR) is 80.0 cm³/mol. The minimum atomic E-state index is -0.954. The van der Waals surface area contributed by atoms with Crippen molar-refractivity contribution in [1.29, 1.82) is 0 Å². The summed E-state index contributed by atoms with van der Waals surface area (Å²) in [6.45, 7) is 1.09. The van der Waals surface area contributed by atoms with Gasteiger partial charge in [0.15, 0.2) is 0 Å². The Hall–Kier alpha value is -1.86. The predicted octanol–water partition coefficient (Wildman–Crippen LogP) is 2.89. The summed E-state index contributed by atoms with van der Waals surface area (Å²) in [5, 5.41) is 9.25. The van der Waals surface area contributed by atoms with Crippen LogP contribution in [-0.4, -0.2) is 45.8 Å². The summed E-state index contributed by atoms with van der Waals surface area (Å²) >= 11 is 3.40. The number of benzene rings is 1. The van der Waals surface area contributed by atoms with E-state index in [1.54, 1.807) is 6.20 Å². The third kappa shape index (κ3) is 2.93. The van der Waals surface area contributed by atoms with E-state index in [0.29, 0.717) is 25.6 Å². The molecule has 2 N–H and O–H groups in total. The van der Waals surface area contributed by atoms with Gasteiger partial charge in [-0.05, 0) is 17.7 Å². The number of hydrogen-bond donors (Lipinski definition) is 2. The number of nitrogens with zero attached hydrogens (tertiary/aromatic N) is 2. The number of imidazole rings is 1. The molecule has 3 rings (SSSR count). The molecule has 0 aliphatic carbocycles. The van der Waals surface area contributed by atoms with Crippen molar-refractivity contribution in [2.24, 2.45) is 0 Å². The maximum absolute atomic E-state index is 11.3. The number of halogens is 1. The summed E-state index contributed by atoms with van der Waals surface area (Å²) in [7, 11) is 0. The molecule has 1 amide bonds. The van der Waals surface area contributed by atoms with Crippen LogP contribution in [0.25, 0.3) is 11.3 Å². The molecule has 1 aromatic heterocycles. The number of carbonyl (C=O) groups is 1. The summed E-state index contributed by atoms with van der Waals surface area (Å²) in [5.41, 5.74) is 1.85. The highest BCUT2D eigenvalue weighted by atomic mass is 79.9. The summed E-state index contributed by atoms with van der Waals surface area (Å²) in [6, 6.07) is 7.44. The molecule has 0 saturated carbocycles. The van der Waals surface area contributed by atoms with Crippen LogP contribution in [0.4, 0.5) is 4.79 Å². The van der Waals surface area contributed by atoms with Crippen LogP contribution in [-0.2, 0) is 4.74 Å². The second kappa shape index (κ2) is 5.87. The first-order valence-electron chi connectivity index (χ1n) is 6.53. The molecule has 1 aliphatic heterocycles. The van der Waals surface area contributed by atoms with Crippen LogP contribution in [0.1, 0.15) is 11.9 Å². The Bertz CT molecular complexity index is 641. The van der Waals surface area contributed by atoms with Gasteiger partial charge in [0.25, 0.3) is 0 Å². The van der Waals surface area contributed by atoms with Gasteiger partial charge in [0.05, 0.1) is 25.1 Å². The number of morpholine rings is 1. The minimum Gasteiger partial charge on any atom is -0.465 e. The Morgan fingerprint density at radius 1 is 1.43 bits per heavy atom. The van der Waals surface area contributed by atoms with Gasteiger partial charge in [0.1, 0.15) is 11.9 Å². The van der Waals surface area contributed by atoms with E-state index in [1.165, 1.54) is 4.90 Å². The number of H-pyrrole nitrogens is 1. The first-order chi connectivity index (χ1) is 10.1. The molecule has 1 aromatic carbocycles. The third-order valence-electron chi connectivity index (χ3n) is 3.44. The van der Waals surface area contributed by atoms with E-state index in [1.807, 2.05) is 24.3 Å². The molecule has 7 heteroatoms. The molecule has 1 saturated heterocycles. The summed E-state index contributed by atoms with van der Waals surface area (Å²) < 4.78 is 6.38. The van der Waals surface area contributed by atoms with E-state index in [9.17, 15) is 9.90 Å². The van der Waals surface area contributed by atoms with Crippen molar-refractivity contribution in [3.63, 3.8) is 0 Å². The lowest BCUT2D eigenvalue weighted by Gasteiger charge is -2.31. The van der Waals surface area contributed by atoms with Crippen molar-refractivity contribution >= 4 is 22.0 Å². The van der Waals surface area contributed by atoms with E-state index in [2.05, 4.69) is 25.9 Å². The lowest BCUT2D eigenvalue weighted by atomic mass is 10.2. The van der Waals surface area contributed by atoms with Crippen LogP contribution in [0.5, 0.6) is 0 Å². The van der Waals surface area contributed by atoms with Crippen molar-refractivity contribution in [3.8, 4) is 11.3 Å². The monoisotopic (exact) mass is 351 g/mol. The Morgan fingerprint density at radius 2 is 2.19 bits per heavy atom. The van der Waals surface area contributed by atoms with Crippen LogP contribution in [0.2, 0.25) is 0 Å². The maximum atomic E-state index is 11.3. The van der Waals surface area contributed by atoms with Crippen LogP contribution < -0.4 is 0 Å². The fourth-order valence-electron chi connectivity index (χ4n) is 2.34. The van der Waals surface area contributed by atoms with Crippen molar-refractivity contribution in [1.82, 2.24) is 14.9 Å². The molecule has 2 aromatic rings. The van der Waals surface area contributed by atoms with Crippen LogP contribution in [0, 0.1) is 0 Å². The molecule has 0 radical (unpaired) electrons. The van der Waals surface area contributed by atoms with E-state index < -0.39 is 6.09 Å². The average molecular weight is 352 g/mol. The zero-order valence-electron chi connectivity index (χ0n) is 11.1. The van der Waals surface area contributed by atoms with Crippen molar-refractivity contribution in [3.05, 3.63) is 40.8 Å². The van der Waals surface area contributed by atoms with Crippen molar-refractivity contribution < 1.29 is 14.6 Å². The molecule has 1 atom stereocenters. The quantitative estimate of drug-likeness (QED) is 0.871. The van der Waals surface area contributed by atoms with Gasteiger partial charge in [0.2, 0.25) is 0 Å². The molecular weight excluding hydrogens is 338 g/mol. The van der Waals surface area contributed by atoms with Gasteiger partial charge in [-0.15, -0.1) is 0 Å². The highest BCUT2D eigenvalue weighted by molar-refractivity contribution is 9.10. The summed E-state index contributed by atoms with van der Waals surface area (Å²) in [4.78, 5) is 20.1. The van der Waals surface area contributed by atoms with Gasteiger partial charge in [-0.25, -0.2) is 9.78 Å². The number of ether oxygens (including phenoxy) is 1. The second-order valence-corrected chi connectivity index (χ2v) is 5.67. The van der Waals surface area contributed by atoms with Crippen LogP contribution in [0.3, 0.4) is 0 Å². The summed E-state index contributed by atoms with van der Waals surface area (Å²) in [5.74, 6) is 0.606. The highest BCUT2D eigenvalue weighted by Crippen LogP contribution is 2.25. The first kappa shape index (κ1) is 14.1. The number of carboxylic acid groups (broad SMARTS) is 1. The molecular formula is C14H14BrN3O3. The minimum absolute atomic E-state index is 0.319. The van der Waals surface area contributed by atoms with E-state index >= 15 is 0 Å². The van der Waals surface area contributed by atoms with E-state index in [-0.39, 0.29) is 6.04 Å². The molecule has 0 unspecified atom stereocenters. The Kier molecular flexibility index (Phi) is 3.94. The topological polar surface area (TPSA) is 78.4 Å². The van der Waals surface area contributed by atoms with Crippen LogP contribution >= 0.6 is 15.9 Å². The molecule has 0 spiro atoms. The van der Waals surface area contributed by atoms with Crippen molar-refractivity contribution in [2.75, 3.05) is 19.8 Å². The number of rotatable bonds is 2. The third-order valence-corrected chi connectivity index (χ3v) is 3.97. The van der Waals surface area contributed by atoms with Gasteiger partial charge >= 0.3 is 6.09 Å². The second-order valence-electron chi connectivity index (χ2n) is 4.76. The average Bonchev–Trinajstić information content (AvgIpc) is 2.97. The maximum Gasteiger partial charge on any atom is 0.408 e. The lowest BCUT2D eigenvalue weighted by Crippen LogP contribution is -2.43. The van der Waals surface area contributed by atoms with E-state index in [0.717, 1.165) is 15.7 Å². The highest BCUT2D eigenvalue weighted by Gasteiger charge is 2.30. The first-order valence-corrected chi connectivity index (χ1v) is 7.32. The molecule has 6 nitrogen and oxygen atoms in total. The largest absolute Gasteiger partial charge is 0.465 e. The Labute approximate surface area is 129 Å². The smallest absolute Gasteiger partial charge is 0.408 e. The van der Waals surface area contributed by atoms with E-state index in [4.69, 9.17) is 4.74 Å². The zero-order chi connectivity index (χ0) is 14.8. The number of amides is 1. The van der Waals surface area contributed by atoms with Gasteiger partial charge in [-0.1, -0.05) is 28.1 Å². The number of nitrogens with one attached hydrogen (secondary N) is 1. The van der Waals surface area contributed by atoms with Gasteiger partial charge in [-0.3, -0.25) is 4.90 Å². The fraction of sp³-hybridized carbons (Fsp3) is 0.286. The molecule has 1 fully saturated rings. The summed E-state index contributed by atoms with van der Waals surface area (Å²) in [6.07, 6.45) is 0.762. The Morgan fingerprint density at radius 3 is 2.90 bits per heavy atom. The van der Waals surface area contributed by atoms with Gasteiger partial charge < -0.3 is 14.8 Å². The number of hydrogen-bond acceptors (Lipinski definition) is 3. The SMILES string of the molecule is O=C(O)N1CCOC[C@H]1c1ncc(-c2ccc(Br)cc2)[nH]1. The van der Waals surface area contributed by atoms with Gasteiger partial charge in [-0.2, -0.15) is 0 Å². The number of aromatic nitrogens is 2. The van der Waals surface area contributed by atoms with Gasteiger partial charge in [0, 0.05) is 11.0 Å². The number of aromatic amines is 1. The Balaban J connectivity index is 1.86.